The van der Waals surface area contributed by atoms with E-state index in [-0.39, 0.29) is 5.92 Å². The Morgan fingerprint density at radius 3 is 2.20 bits per heavy atom. The van der Waals surface area contributed by atoms with Crippen molar-refractivity contribution in [1.29, 1.82) is 0 Å². The average molecular weight is 71.1 g/mol. The van der Waals surface area contributed by atoms with Gasteiger partial charge in [-0.2, -0.15) is 0 Å². The second-order valence-corrected chi connectivity index (χ2v) is 1.21. The van der Waals surface area contributed by atoms with Crippen LogP contribution >= 0.6 is 0 Å². The highest BCUT2D eigenvalue weighted by atomic mass is 14.5. The molecule has 0 spiro atoms. The molecule has 1 atom stereocenters. The van der Waals surface area contributed by atoms with Crippen molar-refractivity contribution in [3.05, 3.63) is 6.92 Å². The second kappa shape index (κ2) is 2.21. The van der Waals surface area contributed by atoms with Gasteiger partial charge in [0.25, 0.3) is 0 Å². The van der Waals surface area contributed by atoms with E-state index in [4.69, 9.17) is 12.7 Å². The molecule has 0 aromatic heterocycles. The monoisotopic (exact) mass is 71.1 g/mol. The van der Waals surface area contributed by atoms with Gasteiger partial charge in [0, 0.05) is 0 Å². The molecule has 0 aliphatic carbocycles. The molecule has 5 heavy (non-hydrogen) atoms. The van der Waals surface area contributed by atoms with Crippen LogP contribution in [0.1, 0.15) is 6.92 Å². The zero-order valence-electron chi connectivity index (χ0n) is 3.44. The minimum absolute atomic E-state index is 0.162. The summed E-state index contributed by atoms with van der Waals surface area (Å²) in [5.74, 6) is 0.162. The largest absolute Gasteiger partial charge is 0.330 e. The lowest BCUT2D eigenvalue weighted by Gasteiger charge is -1.90. The van der Waals surface area contributed by atoms with E-state index in [1.807, 2.05) is 6.92 Å². The zero-order valence-corrected chi connectivity index (χ0v) is 3.44. The van der Waals surface area contributed by atoms with Gasteiger partial charge in [-0.15, -0.1) is 0 Å². The van der Waals surface area contributed by atoms with E-state index in [2.05, 4.69) is 0 Å². The number of hydrogen-bond donors (Lipinski definition) is 1. The standard InChI is InChI=1S/C4H9N/c1-4(2)3-5/h1,4H,3,5H2,2H3. The molecule has 2 N–H and O–H groups in total. The summed E-state index contributed by atoms with van der Waals surface area (Å²) in [4.78, 5) is 0. The van der Waals surface area contributed by atoms with Gasteiger partial charge >= 0.3 is 0 Å². The van der Waals surface area contributed by atoms with E-state index in [9.17, 15) is 0 Å². The van der Waals surface area contributed by atoms with Crippen molar-refractivity contribution in [3.63, 3.8) is 0 Å². The molecule has 0 aromatic carbocycles. The summed E-state index contributed by atoms with van der Waals surface area (Å²) in [5, 5.41) is 0. The molecule has 0 rings (SSSR count). The van der Waals surface area contributed by atoms with Crippen molar-refractivity contribution in [2.24, 2.45) is 11.7 Å². The normalized spacial score (nSPS) is 9.60. The van der Waals surface area contributed by atoms with Crippen LogP contribution in [0.15, 0.2) is 0 Å². The lowest BCUT2D eigenvalue weighted by atomic mass is 10.2. The highest BCUT2D eigenvalue weighted by Gasteiger charge is 1.80. The first-order valence-corrected chi connectivity index (χ1v) is 1.73. The second-order valence-electron chi connectivity index (χ2n) is 1.21. The van der Waals surface area contributed by atoms with E-state index in [0.29, 0.717) is 6.54 Å². The van der Waals surface area contributed by atoms with Crippen LogP contribution in [-0.4, -0.2) is 6.54 Å². The zero-order chi connectivity index (χ0) is 4.28. The van der Waals surface area contributed by atoms with Gasteiger partial charge < -0.3 is 5.73 Å². The average Bonchev–Trinajstić information content (AvgIpc) is 1.38. The first-order valence-electron chi connectivity index (χ1n) is 1.73. The van der Waals surface area contributed by atoms with Gasteiger partial charge in [0.15, 0.2) is 0 Å². The molecule has 1 nitrogen and oxygen atoms in total. The molecular formula is C4H9N. The van der Waals surface area contributed by atoms with E-state index in [1.54, 1.807) is 0 Å². The van der Waals surface area contributed by atoms with Crippen molar-refractivity contribution < 1.29 is 0 Å². The van der Waals surface area contributed by atoms with Gasteiger partial charge in [-0.05, 0) is 19.4 Å². The highest BCUT2D eigenvalue weighted by molar-refractivity contribution is 4.50. The fourth-order valence-electron chi connectivity index (χ4n) is 0. The third-order valence-corrected chi connectivity index (χ3v) is 0.372. The molecule has 2 radical (unpaired) electrons. The van der Waals surface area contributed by atoms with Crippen LogP contribution in [0.2, 0.25) is 0 Å². The highest BCUT2D eigenvalue weighted by Crippen LogP contribution is 1.80. The third-order valence-electron chi connectivity index (χ3n) is 0.372. The SMILES string of the molecule is [CH]C(C)CN. The first kappa shape index (κ1) is 4.96. The van der Waals surface area contributed by atoms with Crippen molar-refractivity contribution in [3.8, 4) is 0 Å². The Bertz CT molecular complexity index is 17.6. The molecule has 0 bridgehead atoms. The molecule has 0 saturated heterocycles. The number of rotatable bonds is 1. The maximum Gasteiger partial charge on any atom is -0.00486 e. The number of nitrogens with two attached hydrogens (primary N) is 1. The fourth-order valence-corrected chi connectivity index (χ4v) is 0. The molecule has 0 aromatic rings. The maximum atomic E-state index is 5.17. The molecule has 0 aliphatic rings. The Labute approximate surface area is 33.2 Å². The molecule has 1 unspecified atom stereocenters. The smallest absolute Gasteiger partial charge is 0.00486 e. The summed E-state index contributed by atoms with van der Waals surface area (Å²) >= 11 is 0. The van der Waals surface area contributed by atoms with Crippen molar-refractivity contribution >= 4 is 0 Å². The lowest BCUT2D eigenvalue weighted by molar-refractivity contribution is 0.736. The summed E-state index contributed by atoms with van der Waals surface area (Å²) in [5.41, 5.74) is 5.05. The van der Waals surface area contributed by atoms with Crippen molar-refractivity contribution in [2.45, 2.75) is 6.92 Å². The van der Waals surface area contributed by atoms with Gasteiger partial charge in [-0.25, -0.2) is 0 Å². The van der Waals surface area contributed by atoms with Crippen LogP contribution < -0.4 is 5.73 Å². The summed E-state index contributed by atoms with van der Waals surface area (Å²) < 4.78 is 0. The molecule has 1 heteroatoms. The minimum atomic E-state index is 0.162. The van der Waals surface area contributed by atoms with Gasteiger partial charge in [-0.1, -0.05) is 6.92 Å². The predicted octanol–water partition coefficient (Wildman–Crippen LogP) is 0.292. The first-order chi connectivity index (χ1) is 2.27. The Balaban J connectivity index is 2.54. The topological polar surface area (TPSA) is 26.0 Å². The molecule has 0 saturated carbocycles. The van der Waals surface area contributed by atoms with Gasteiger partial charge in [-0.3, -0.25) is 0 Å². The number of hydrogen-bond acceptors (Lipinski definition) is 1. The van der Waals surface area contributed by atoms with Gasteiger partial charge in [0.1, 0.15) is 0 Å². The van der Waals surface area contributed by atoms with Crippen molar-refractivity contribution in [1.82, 2.24) is 0 Å². The molecule has 0 aliphatic heterocycles. The maximum absolute atomic E-state index is 5.17. The summed E-state index contributed by atoms with van der Waals surface area (Å²) in [6.07, 6.45) is 0. The fraction of sp³-hybridized carbons (Fsp3) is 0.750. The van der Waals surface area contributed by atoms with E-state index in [1.165, 1.54) is 0 Å². The Kier molecular flexibility index (Phi) is 2.19. The Hall–Kier alpha value is -0.0400. The summed E-state index contributed by atoms with van der Waals surface area (Å²) in [6, 6.07) is 0. The molecule has 0 amide bonds. The molecule has 30 valence electrons. The Morgan fingerprint density at radius 1 is 2.00 bits per heavy atom. The Morgan fingerprint density at radius 2 is 2.20 bits per heavy atom. The van der Waals surface area contributed by atoms with E-state index >= 15 is 0 Å². The van der Waals surface area contributed by atoms with Crippen LogP contribution in [0, 0.1) is 12.8 Å². The quantitative estimate of drug-likeness (QED) is 0.472. The summed E-state index contributed by atoms with van der Waals surface area (Å²) in [7, 11) is 0. The van der Waals surface area contributed by atoms with E-state index < -0.39 is 0 Å². The molecule has 0 heterocycles. The van der Waals surface area contributed by atoms with Crippen LogP contribution in [0.3, 0.4) is 0 Å². The molecule has 0 fully saturated rings. The summed E-state index contributed by atoms with van der Waals surface area (Å²) in [6.45, 7) is 7.62. The van der Waals surface area contributed by atoms with Crippen LogP contribution in [0.5, 0.6) is 0 Å². The predicted molar refractivity (Wildman–Crippen MR) is 22.5 cm³/mol. The van der Waals surface area contributed by atoms with E-state index in [0.717, 1.165) is 0 Å². The van der Waals surface area contributed by atoms with Crippen molar-refractivity contribution in [2.75, 3.05) is 6.54 Å². The minimum Gasteiger partial charge on any atom is -0.330 e. The van der Waals surface area contributed by atoms with Crippen LogP contribution in [-0.2, 0) is 0 Å². The van der Waals surface area contributed by atoms with Crippen LogP contribution in [0.25, 0.3) is 0 Å². The third kappa shape index (κ3) is 3.96. The van der Waals surface area contributed by atoms with Crippen LogP contribution in [0.4, 0.5) is 0 Å². The molecular weight excluding hydrogens is 62.1 g/mol. The van der Waals surface area contributed by atoms with Gasteiger partial charge in [0.2, 0.25) is 0 Å². The lowest BCUT2D eigenvalue weighted by Crippen LogP contribution is -2.05. The van der Waals surface area contributed by atoms with Gasteiger partial charge in [0.05, 0.1) is 0 Å².